The molecule has 70 valence electrons. The topological polar surface area (TPSA) is 29.1 Å². The molecule has 2 rings (SSSR count). The minimum atomic E-state index is -0.102. The van der Waals surface area contributed by atoms with Crippen molar-refractivity contribution in [1.29, 1.82) is 0 Å². The molecular formula is C12H11NO. The van der Waals surface area contributed by atoms with Crippen LogP contribution >= 0.6 is 0 Å². The first kappa shape index (κ1) is 8.83. The summed E-state index contributed by atoms with van der Waals surface area (Å²) in [5, 5.41) is 2.85. The van der Waals surface area contributed by atoms with Gasteiger partial charge in [-0.25, -0.2) is 0 Å². The molecule has 1 aliphatic rings. The van der Waals surface area contributed by atoms with Gasteiger partial charge in [-0.1, -0.05) is 18.1 Å². The molecule has 2 nitrogen and oxygen atoms in total. The van der Waals surface area contributed by atoms with E-state index in [0.29, 0.717) is 0 Å². The highest BCUT2D eigenvalue weighted by molar-refractivity contribution is 5.52. The lowest BCUT2D eigenvalue weighted by atomic mass is 10.0. The van der Waals surface area contributed by atoms with Crippen molar-refractivity contribution in [1.82, 2.24) is 5.32 Å². The van der Waals surface area contributed by atoms with Crippen molar-refractivity contribution in [3.05, 3.63) is 35.4 Å². The Morgan fingerprint density at radius 2 is 2.00 bits per heavy atom. The number of hydrogen-bond donors (Lipinski definition) is 1. The highest BCUT2D eigenvalue weighted by atomic mass is 16.1. The van der Waals surface area contributed by atoms with E-state index in [2.05, 4.69) is 11.2 Å². The lowest BCUT2D eigenvalue weighted by Crippen LogP contribution is -2.27. The first-order valence-electron chi connectivity index (χ1n) is 4.59. The maximum Gasteiger partial charge on any atom is 0.207 e. The number of carbonyl (C=O) groups excluding carboxylic acids is 1. The zero-order chi connectivity index (χ0) is 10.0. The Bertz CT molecular complexity index is 382. The van der Waals surface area contributed by atoms with Crippen LogP contribution in [-0.4, -0.2) is 6.41 Å². The fourth-order valence-corrected chi connectivity index (χ4v) is 1.64. The highest BCUT2D eigenvalue weighted by Crippen LogP contribution is 2.44. The number of benzene rings is 1. The molecule has 1 aliphatic carbocycles. The van der Waals surface area contributed by atoms with Crippen LogP contribution in [0.1, 0.15) is 24.0 Å². The Hall–Kier alpha value is -1.75. The summed E-state index contributed by atoms with van der Waals surface area (Å²) in [5.74, 6) is 2.57. The molecule has 0 heterocycles. The van der Waals surface area contributed by atoms with Gasteiger partial charge in [-0.2, -0.15) is 0 Å². The summed E-state index contributed by atoms with van der Waals surface area (Å²) < 4.78 is 0. The normalized spacial score (nSPS) is 16.8. The number of terminal acetylenes is 1. The van der Waals surface area contributed by atoms with E-state index < -0.39 is 0 Å². The van der Waals surface area contributed by atoms with Crippen molar-refractivity contribution in [2.24, 2.45) is 0 Å². The first-order valence-corrected chi connectivity index (χ1v) is 4.59. The van der Waals surface area contributed by atoms with Crippen LogP contribution in [0.5, 0.6) is 0 Å². The van der Waals surface area contributed by atoms with Crippen molar-refractivity contribution >= 4 is 6.41 Å². The molecule has 0 unspecified atom stereocenters. The van der Waals surface area contributed by atoms with Gasteiger partial charge in [0.2, 0.25) is 6.41 Å². The molecule has 0 atom stereocenters. The molecule has 0 aliphatic heterocycles. The maximum absolute atomic E-state index is 10.4. The van der Waals surface area contributed by atoms with E-state index in [9.17, 15) is 4.79 Å². The second-order valence-corrected chi connectivity index (χ2v) is 3.57. The number of hydrogen-bond acceptors (Lipinski definition) is 1. The molecule has 0 aromatic heterocycles. The predicted octanol–water partition coefficient (Wildman–Crippen LogP) is 1.40. The third kappa shape index (κ3) is 1.38. The summed E-state index contributed by atoms with van der Waals surface area (Å²) in [6, 6.07) is 7.78. The molecule has 1 saturated carbocycles. The summed E-state index contributed by atoms with van der Waals surface area (Å²) in [5.41, 5.74) is 1.91. The second kappa shape index (κ2) is 3.19. The van der Waals surface area contributed by atoms with Gasteiger partial charge >= 0.3 is 0 Å². The van der Waals surface area contributed by atoms with Crippen molar-refractivity contribution in [3.8, 4) is 12.3 Å². The van der Waals surface area contributed by atoms with Crippen LogP contribution < -0.4 is 5.32 Å². The minimum absolute atomic E-state index is 0.102. The van der Waals surface area contributed by atoms with Crippen molar-refractivity contribution < 1.29 is 4.79 Å². The maximum atomic E-state index is 10.4. The summed E-state index contributed by atoms with van der Waals surface area (Å²) in [4.78, 5) is 10.4. The average molecular weight is 185 g/mol. The van der Waals surface area contributed by atoms with Crippen molar-refractivity contribution in [2.45, 2.75) is 18.4 Å². The van der Waals surface area contributed by atoms with E-state index >= 15 is 0 Å². The van der Waals surface area contributed by atoms with Gasteiger partial charge < -0.3 is 5.32 Å². The number of carbonyl (C=O) groups is 1. The van der Waals surface area contributed by atoms with Crippen molar-refractivity contribution in [3.63, 3.8) is 0 Å². The fourth-order valence-electron chi connectivity index (χ4n) is 1.64. The Kier molecular flexibility index (Phi) is 2.01. The third-order valence-electron chi connectivity index (χ3n) is 2.69. The van der Waals surface area contributed by atoms with Gasteiger partial charge in [-0.15, -0.1) is 6.42 Å². The Morgan fingerprint density at radius 1 is 1.36 bits per heavy atom. The number of amides is 1. The van der Waals surface area contributed by atoms with Gasteiger partial charge in [0.05, 0.1) is 5.54 Å². The van der Waals surface area contributed by atoms with Crippen LogP contribution in [0.3, 0.4) is 0 Å². The molecule has 1 aromatic rings. The average Bonchev–Trinajstić information content (AvgIpc) is 3.00. The molecule has 1 N–H and O–H groups in total. The van der Waals surface area contributed by atoms with E-state index in [1.165, 1.54) is 0 Å². The van der Waals surface area contributed by atoms with Crippen molar-refractivity contribution in [2.75, 3.05) is 0 Å². The Morgan fingerprint density at radius 3 is 2.43 bits per heavy atom. The molecule has 1 fully saturated rings. The zero-order valence-corrected chi connectivity index (χ0v) is 7.79. The molecule has 14 heavy (non-hydrogen) atoms. The van der Waals surface area contributed by atoms with Crippen LogP contribution in [0, 0.1) is 12.3 Å². The van der Waals surface area contributed by atoms with Gasteiger partial charge in [-0.3, -0.25) is 4.79 Å². The highest BCUT2D eigenvalue weighted by Gasteiger charge is 2.43. The molecule has 1 amide bonds. The molecular weight excluding hydrogens is 174 g/mol. The van der Waals surface area contributed by atoms with Gasteiger partial charge in [0, 0.05) is 5.56 Å². The Labute approximate surface area is 83.3 Å². The van der Waals surface area contributed by atoms with Crippen LogP contribution in [0.15, 0.2) is 24.3 Å². The van der Waals surface area contributed by atoms with E-state index in [1.54, 1.807) is 0 Å². The monoisotopic (exact) mass is 185 g/mol. The van der Waals surface area contributed by atoms with Gasteiger partial charge in [0.1, 0.15) is 0 Å². The summed E-state index contributed by atoms with van der Waals surface area (Å²) >= 11 is 0. The standard InChI is InChI=1S/C12H11NO/c1-2-10-3-5-11(6-4-10)12(7-8-12)13-9-14/h1,3-6,9H,7-8H2,(H,13,14). The number of rotatable bonds is 3. The third-order valence-corrected chi connectivity index (χ3v) is 2.69. The van der Waals surface area contributed by atoms with Crippen LogP contribution in [0.4, 0.5) is 0 Å². The van der Waals surface area contributed by atoms with E-state index in [-0.39, 0.29) is 5.54 Å². The lowest BCUT2D eigenvalue weighted by molar-refractivity contribution is -0.110. The molecule has 1 aromatic carbocycles. The van der Waals surface area contributed by atoms with Gasteiger partial charge in [-0.05, 0) is 30.5 Å². The van der Waals surface area contributed by atoms with Crippen LogP contribution in [-0.2, 0) is 10.3 Å². The predicted molar refractivity (Wildman–Crippen MR) is 54.5 cm³/mol. The summed E-state index contributed by atoms with van der Waals surface area (Å²) in [7, 11) is 0. The fraction of sp³-hybridized carbons (Fsp3) is 0.250. The van der Waals surface area contributed by atoms with E-state index in [1.807, 2.05) is 24.3 Å². The number of nitrogens with one attached hydrogen (secondary N) is 1. The molecule has 0 radical (unpaired) electrons. The quantitative estimate of drug-likeness (QED) is 0.559. The van der Waals surface area contributed by atoms with E-state index in [4.69, 9.17) is 6.42 Å². The van der Waals surface area contributed by atoms with Crippen LogP contribution in [0.2, 0.25) is 0 Å². The largest absolute Gasteiger partial charge is 0.349 e. The summed E-state index contributed by atoms with van der Waals surface area (Å²) in [6.45, 7) is 0. The van der Waals surface area contributed by atoms with E-state index in [0.717, 1.165) is 30.4 Å². The second-order valence-electron chi connectivity index (χ2n) is 3.57. The smallest absolute Gasteiger partial charge is 0.207 e. The molecule has 0 bridgehead atoms. The lowest BCUT2D eigenvalue weighted by Gasteiger charge is -2.14. The van der Waals surface area contributed by atoms with Crippen LogP contribution in [0.25, 0.3) is 0 Å². The first-order chi connectivity index (χ1) is 6.80. The van der Waals surface area contributed by atoms with Gasteiger partial charge in [0.25, 0.3) is 0 Å². The van der Waals surface area contributed by atoms with Gasteiger partial charge in [0.15, 0.2) is 0 Å². The molecule has 2 heteroatoms. The zero-order valence-electron chi connectivity index (χ0n) is 7.79. The molecule has 0 saturated heterocycles. The summed E-state index contributed by atoms with van der Waals surface area (Å²) in [6.07, 6.45) is 8.06. The molecule has 0 spiro atoms. The SMILES string of the molecule is C#Cc1ccc(C2(NC=O)CC2)cc1. The minimum Gasteiger partial charge on any atom is -0.349 e. The Balaban J connectivity index is 2.25.